The molecule has 0 aromatic heterocycles. The van der Waals surface area contributed by atoms with Gasteiger partial charge in [-0.2, -0.15) is 0 Å². The molecule has 2 atom stereocenters. The third-order valence-corrected chi connectivity index (χ3v) is 18.1. The smallest absolute Gasteiger partial charge is 0.306 e. The molecule has 0 saturated heterocycles. The van der Waals surface area contributed by atoms with Crippen molar-refractivity contribution in [3.8, 4) is 0 Å². The number of likely N-dealkylation sites (N-methyl/N-ethyl adjacent to an activating group) is 1. The maximum absolute atomic E-state index is 12.9. The zero-order valence-corrected chi connectivity index (χ0v) is 59.4. The molecule has 2 unspecified atom stereocenters. The Bertz CT molecular complexity index is 1610. The van der Waals surface area contributed by atoms with Crippen LogP contribution < -0.4 is 4.89 Å². The number of quaternary nitrogens is 1. The third kappa shape index (κ3) is 72.9. The van der Waals surface area contributed by atoms with Crippen LogP contribution in [0.1, 0.15) is 380 Å². The van der Waals surface area contributed by atoms with Crippen LogP contribution in [0.25, 0.3) is 0 Å². The number of phosphoric ester groups is 1. The van der Waals surface area contributed by atoms with Gasteiger partial charge in [-0.05, 0) is 51.4 Å². The van der Waals surface area contributed by atoms with Crippen molar-refractivity contribution in [1.82, 2.24) is 0 Å². The maximum atomic E-state index is 12.9. The summed E-state index contributed by atoms with van der Waals surface area (Å²) < 4.78 is 34.4. The summed E-state index contributed by atoms with van der Waals surface area (Å²) in [5.41, 5.74) is 0. The Morgan fingerprint density at radius 3 is 0.977 bits per heavy atom. The highest BCUT2D eigenvalue weighted by Gasteiger charge is 2.22. The van der Waals surface area contributed by atoms with E-state index < -0.39 is 26.5 Å². The second kappa shape index (κ2) is 68.3. The first-order valence-electron chi connectivity index (χ1n) is 37.8. The summed E-state index contributed by atoms with van der Waals surface area (Å²) in [4.78, 5) is 38.1. The normalized spacial score (nSPS) is 13.3. The summed E-state index contributed by atoms with van der Waals surface area (Å²) >= 11 is 0. The molecular weight excluding hydrogens is 1100 g/mol. The standard InChI is InChI=1S/C77H146NO8P/c1-6-8-10-12-14-16-18-20-22-24-26-28-30-32-34-36-38-40-41-43-45-47-49-51-53-55-57-59-61-63-65-67-69-76(79)83-73-75(74-85-87(81,82)84-72-71-78(3,4)5)86-77(80)70-68-66-64-62-60-58-56-54-52-50-48-46-44-42-39-37-35-33-31-29-27-25-23-21-19-17-15-13-11-9-7-2/h9,11,15,17,21,23,27,29,75H,6-8,10,12-14,16,18-20,22,24-26,28,30-74H2,1-5H3/b11-9-,17-15-,23-21-,29-27-. The van der Waals surface area contributed by atoms with E-state index in [-0.39, 0.29) is 32.0 Å². The Morgan fingerprint density at radius 2 is 0.655 bits per heavy atom. The van der Waals surface area contributed by atoms with Crippen molar-refractivity contribution in [2.75, 3.05) is 47.5 Å². The number of rotatable bonds is 71. The highest BCUT2D eigenvalue weighted by Crippen LogP contribution is 2.38. The molecule has 87 heavy (non-hydrogen) atoms. The summed E-state index contributed by atoms with van der Waals surface area (Å²) in [6, 6.07) is 0. The molecule has 0 rings (SSSR count). The number of allylic oxidation sites excluding steroid dienone is 8. The van der Waals surface area contributed by atoms with E-state index in [4.69, 9.17) is 18.5 Å². The van der Waals surface area contributed by atoms with E-state index in [1.165, 1.54) is 289 Å². The number of carbonyl (C=O) groups is 2. The molecule has 0 saturated carbocycles. The Morgan fingerprint density at radius 1 is 0.368 bits per heavy atom. The number of hydrogen-bond donors (Lipinski definition) is 0. The van der Waals surface area contributed by atoms with Gasteiger partial charge in [0.05, 0.1) is 27.7 Å². The lowest BCUT2D eigenvalue weighted by Crippen LogP contribution is -2.37. The number of carbonyl (C=O) groups excluding carboxylic acids is 2. The van der Waals surface area contributed by atoms with Crippen molar-refractivity contribution in [2.24, 2.45) is 0 Å². The zero-order valence-electron chi connectivity index (χ0n) is 58.5. The summed E-state index contributed by atoms with van der Waals surface area (Å²) in [7, 11) is 1.19. The molecule has 10 heteroatoms. The molecule has 0 heterocycles. The summed E-state index contributed by atoms with van der Waals surface area (Å²) in [5, 5.41) is 0. The van der Waals surface area contributed by atoms with Crippen LogP contribution in [0.3, 0.4) is 0 Å². The van der Waals surface area contributed by atoms with Crippen molar-refractivity contribution in [2.45, 2.75) is 386 Å². The van der Waals surface area contributed by atoms with Crippen molar-refractivity contribution in [3.05, 3.63) is 48.6 Å². The topological polar surface area (TPSA) is 111 Å². The molecule has 0 aromatic rings. The van der Waals surface area contributed by atoms with Crippen molar-refractivity contribution in [1.29, 1.82) is 0 Å². The summed E-state index contributed by atoms with van der Waals surface area (Å²) in [6.45, 7) is 4.20. The van der Waals surface area contributed by atoms with E-state index in [1.54, 1.807) is 0 Å². The van der Waals surface area contributed by atoms with Crippen LogP contribution >= 0.6 is 7.82 Å². The summed E-state index contributed by atoms with van der Waals surface area (Å²) in [6.07, 6.45) is 89.4. The predicted molar refractivity (Wildman–Crippen MR) is 374 cm³/mol. The van der Waals surface area contributed by atoms with Gasteiger partial charge in [0.1, 0.15) is 19.8 Å². The number of ether oxygens (including phenoxy) is 2. The van der Waals surface area contributed by atoms with Crippen LogP contribution in [0.2, 0.25) is 0 Å². The average molecular weight is 1240 g/mol. The number of unbranched alkanes of at least 4 members (excludes halogenated alkanes) is 49. The molecule has 0 aliphatic heterocycles. The minimum absolute atomic E-state index is 0.0282. The molecule has 0 spiro atoms. The van der Waals surface area contributed by atoms with Gasteiger partial charge in [0, 0.05) is 12.8 Å². The van der Waals surface area contributed by atoms with Gasteiger partial charge in [-0.3, -0.25) is 14.2 Å². The summed E-state index contributed by atoms with van der Waals surface area (Å²) in [5.74, 6) is -0.810. The van der Waals surface area contributed by atoms with Crippen molar-refractivity contribution >= 4 is 19.8 Å². The molecule has 0 aliphatic rings. The minimum Gasteiger partial charge on any atom is -0.756 e. The molecule has 0 fully saturated rings. The van der Waals surface area contributed by atoms with E-state index in [2.05, 4.69) is 62.5 Å². The molecule has 512 valence electrons. The SMILES string of the molecule is CC/C=C\C/C=C\C/C=C\C/C=C\CCCCCCCCCCCCCCCCCCCCC(=O)OC(COC(=O)CCCCCCCCCCCCCCCCCCCCCCCCCCCCCCCCCC)COP(=O)([O-])OCC[N+](C)(C)C. The van der Waals surface area contributed by atoms with Gasteiger partial charge >= 0.3 is 11.9 Å². The van der Waals surface area contributed by atoms with E-state index >= 15 is 0 Å². The van der Waals surface area contributed by atoms with Gasteiger partial charge in [0.2, 0.25) is 0 Å². The first-order valence-corrected chi connectivity index (χ1v) is 39.3. The van der Waals surface area contributed by atoms with Gasteiger partial charge in [-0.25, -0.2) is 0 Å². The van der Waals surface area contributed by atoms with E-state index in [1.807, 2.05) is 21.1 Å². The Labute approximate surface area is 541 Å². The minimum atomic E-state index is -4.64. The molecule has 9 nitrogen and oxygen atoms in total. The number of nitrogens with zero attached hydrogens (tertiary/aromatic N) is 1. The average Bonchev–Trinajstić information content (AvgIpc) is 3.62. The fraction of sp³-hybridized carbons (Fsp3) is 0.870. The maximum Gasteiger partial charge on any atom is 0.306 e. The van der Waals surface area contributed by atoms with Crippen LogP contribution in [-0.2, 0) is 32.7 Å². The second-order valence-corrected chi connectivity index (χ2v) is 28.4. The highest BCUT2D eigenvalue weighted by atomic mass is 31.2. The fourth-order valence-corrected chi connectivity index (χ4v) is 12.1. The largest absolute Gasteiger partial charge is 0.756 e. The lowest BCUT2D eigenvalue weighted by Gasteiger charge is -2.28. The van der Waals surface area contributed by atoms with Crippen LogP contribution in [0.15, 0.2) is 48.6 Å². The Balaban J connectivity index is 3.94. The van der Waals surface area contributed by atoms with E-state index in [9.17, 15) is 19.0 Å². The van der Waals surface area contributed by atoms with Crippen LogP contribution in [0.5, 0.6) is 0 Å². The lowest BCUT2D eigenvalue weighted by atomic mass is 10.0. The van der Waals surface area contributed by atoms with Gasteiger partial charge in [0.15, 0.2) is 6.10 Å². The molecular formula is C77H146NO8P. The van der Waals surface area contributed by atoms with Gasteiger partial charge in [-0.1, -0.05) is 364 Å². The zero-order chi connectivity index (χ0) is 63.4. The van der Waals surface area contributed by atoms with Crippen LogP contribution in [-0.4, -0.2) is 70.0 Å². The molecule has 0 radical (unpaired) electrons. The van der Waals surface area contributed by atoms with E-state index in [0.717, 1.165) is 57.8 Å². The quantitative estimate of drug-likeness (QED) is 0.0195. The van der Waals surface area contributed by atoms with Gasteiger partial charge in [0.25, 0.3) is 7.82 Å². The van der Waals surface area contributed by atoms with Gasteiger partial charge < -0.3 is 27.9 Å². The molecule has 0 aliphatic carbocycles. The van der Waals surface area contributed by atoms with Crippen molar-refractivity contribution < 1.29 is 42.1 Å². The Hall–Kier alpha value is -2.03. The van der Waals surface area contributed by atoms with E-state index in [0.29, 0.717) is 17.4 Å². The highest BCUT2D eigenvalue weighted by molar-refractivity contribution is 7.45. The van der Waals surface area contributed by atoms with Crippen molar-refractivity contribution in [3.63, 3.8) is 0 Å². The van der Waals surface area contributed by atoms with Crippen LogP contribution in [0.4, 0.5) is 0 Å². The number of hydrogen-bond acceptors (Lipinski definition) is 8. The predicted octanol–water partition coefficient (Wildman–Crippen LogP) is 24.1. The lowest BCUT2D eigenvalue weighted by molar-refractivity contribution is -0.870. The second-order valence-electron chi connectivity index (χ2n) is 27.0. The first kappa shape index (κ1) is 85.0. The monoisotopic (exact) mass is 1240 g/mol. The third-order valence-electron chi connectivity index (χ3n) is 17.1. The first-order chi connectivity index (χ1) is 42.5. The fourth-order valence-electron chi connectivity index (χ4n) is 11.4. The number of esters is 2. The Kier molecular flexibility index (Phi) is 66.7. The molecule has 0 bridgehead atoms. The van der Waals surface area contributed by atoms with Gasteiger partial charge in [-0.15, -0.1) is 0 Å². The number of phosphoric acid groups is 1. The molecule has 0 N–H and O–H groups in total. The van der Waals surface area contributed by atoms with Crippen LogP contribution in [0, 0.1) is 0 Å². The molecule has 0 amide bonds. The molecule has 0 aromatic carbocycles.